The summed E-state index contributed by atoms with van der Waals surface area (Å²) in [5.74, 6) is 0.377. The highest BCUT2D eigenvalue weighted by Gasteiger charge is 2.16. The van der Waals surface area contributed by atoms with Crippen molar-refractivity contribution in [3.63, 3.8) is 0 Å². The molecule has 3 heterocycles. The van der Waals surface area contributed by atoms with Crippen LogP contribution in [0.5, 0.6) is 0 Å². The lowest BCUT2D eigenvalue weighted by molar-refractivity contribution is 0.102. The fourth-order valence-electron chi connectivity index (χ4n) is 1.74. The molecule has 0 atom stereocenters. The van der Waals surface area contributed by atoms with Gasteiger partial charge in [0.15, 0.2) is 5.65 Å². The SMILES string of the molecule is CNc1ccn2ncc(C(=O)Nc3ccsc3Cl)c2n1. The molecule has 3 aromatic heterocycles. The Bertz CT molecular complexity index is 781. The molecule has 0 bridgehead atoms. The predicted octanol–water partition coefficient (Wildman–Crippen LogP) is 2.74. The summed E-state index contributed by atoms with van der Waals surface area (Å²) < 4.78 is 2.09. The molecule has 0 aromatic carbocycles. The van der Waals surface area contributed by atoms with Crippen molar-refractivity contribution in [3.05, 3.63) is 39.8 Å². The maximum Gasteiger partial charge on any atom is 0.261 e. The Morgan fingerprint density at radius 1 is 1.45 bits per heavy atom. The van der Waals surface area contributed by atoms with Gasteiger partial charge < -0.3 is 10.6 Å². The lowest BCUT2D eigenvalue weighted by atomic mass is 10.3. The average molecular weight is 308 g/mol. The van der Waals surface area contributed by atoms with E-state index in [0.717, 1.165) is 0 Å². The summed E-state index contributed by atoms with van der Waals surface area (Å²) >= 11 is 7.33. The first-order valence-corrected chi connectivity index (χ1v) is 7.01. The number of hydrogen-bond donors (Lipinski definition) is 2. The summed E-state index contributed by atoms with van der Waals surface area (Å²) in [7, 11) is 1.76. The molecule has 0 saturated heterocycles. The van der Waals surface area contributed by atoms with Crippen LogP contribution in [0.4, 0.5) is 11.5 Å². The summed E-state index contributed by atoms with van der Waals surface area (Å²) in [5, 5.41) is 11.6. The van der Waals surface area contributed by atoms with Crippen molar-refractivity contribution in [1.29, 1.82) is 0 Å². The number of thiophene rings is 1. The van der Waals surface area contributed by atoms with Gasteiger partial charge >= 0.3 is 0 Å². The third-order valence-corrected chi connectivity index (χ3v) is 3.91. The van der Waals surface area contributed by atoms with Crippen LogP contribution in [0.3, 0.4) is 0 Å². The Labute approximate surface area is 123 Å². The fraction of sp³-hybridized carbons (Fsp3) is 0.0833. The molecule has 0 fully saturated rings. The molecule has 0 spiro atoms. The molecule has 2 N–H and O–H groups in total. The maximum absolute atomic E-state index is 12.3. The molecule has 0 aliphatic rings. The van der Waals surface area contributed by atoms with Crippen molar-refractivity contribution in [1.82, 2.24) is 14.6 Å². The van der Waals surface area contributed by atoms with E-state index in [1.807, 2.05) is 5.38 Å². The summed E-state index contributed by atoms with van der Waals surface area (Å²) in [4.78, 5) is 16.6. The average Bonchev–Trinajstić information content (AvgIpc) is 3.04. The second-order valence-corrected chi connectivity index (χ2v) is 5.47. The molecular weight excluding hydrogens is 298 g/mol. The van der Waals surface area contributed by atoms with Crippen LogP contribution in [0.15, 0.2) is 29.9 Å². The van der Waals surface area contributed by atoms with Gasteiger partial charge in [0.05, 0.1) is 11.9 Å². The van der Waals surface area contributed by atoms with Gasteiger partial charge in [0.2, 0.25) is 0 Å². The van der Waals surface area contributed by atoms with Crippen LogP contribution in [-0.4, -0.2) is 27.6 Å². The van der Waals surface area contributed by atoms with Crippen molar-refractivity contribution >= 4 is 46.0 Å². The third-order valence-electron chi connectivity index (χ3n) is 2.74. The van der Waals surface area contributed by atoms with Crippen molar-refractivity contribution in [2.24, 2.45) is 0 Å². The van der Waals surface area contributed by atoms with Gasteiger partial charge in [-0.25, -0.2) is 9.50 Å². The minimum atomic E-state index is -0.291. The number of nitrogens with zero attached hydrogens (tertiary/aromatic N) is 3. The van der Waals surface area contributed by atoms with Crippen LogP contribution < -0.4 is 10.6 Å². The van der Waals surface area contributed by atoms with Crippen molar-refractivity contribution in [3.8, 4) is 0 Å². The summed E-state index contributed by atoms with van der Waals surface area (Å²) in [6.45, 7) is 0. The lowest BCUT2D eigenvalue weighted by Gasteiger charge is -2.03. The highest BCUT2D eigenvalue weighted by Crippen LogP contribution is 2.28. The van der Waals surface area contributed by atoms with E-state index in [1.165, 1.54) is 17.5 Å². The lowest BCUT2D eigenvalue weighted by Crippen LogP contribution is -2.12. The van der Waals surface area contributed by atoms with Gasteiger partial charge in [-0.15, -0.1) is 11.3 Å². The Morgan fingerprint density at radius 3 is 3.00 bits per heavy atom. The number of rotatable bonds is 3. The molecule has 8 heteroatoms. The number of carbonyl (C=O) groups excluding carboxylic acids is 1. The number of hydrogen-bond acceptors (Lipinski definition) is 5. The molecule has 0 radical (unpaired) electrons. The van der Waals surface area contributed by atoms with Crippen LogP contribution in [0.25, 0.3) is 5.65 Å². The highest BCUT2D eigenvalue weighted by atomic mass is 35.5. The molecule has 0 aliphatic carbocycles. The molecule has 0 saturated carbocycles. The topological polar surface area (TPSA) is 71.3 Å². The number of anilines is 2. The van der Waals surface area contributed by atoms with Crippen LogP contribution >= 0.6 is 22.9 Å². The van der Waals surface area contributed by atoms with E-state index < -0.39 is 0 Å². The normalized spacial score (nSPS) is 10.7. The Balaban J connectivity index is 1.97. The van der Waals surface area contributed by atoms with Crippen molar-refractivity contribution in [2.75, 3.05) is 17.7 Å². The molecule has 0 aliphatic heterocycles. The zero-order chi connectivity index (χ0) is 14.1. The second-order valence-electron chi connectivity index (χ2n) is 3.95. The molecule has 0 unspecified atom stereocenters. The van der Waals surface area contributed by atoms with E-state index in [-0.39, 0.29) is 5.91 Å². The van der Waals surface area contributed by atoms with E-state index >= 15 is 0 Å². The van der Waals surface area contributed by atoms with Gasteiger partial charge in [-0.05, 0) is 17.5 Å². The van der Waals surface area contributed by atoms with Gasteiger partial charge in [0, 0.05) is 13.2 Å². The molecule has 20 heavy (non-hydrogen) atoms. The van der Waals surface area contributed by atoms with Crippen molar-refractivity contribution < 1.29 is 4.79 Å². The van der Waals surface area contributed by atoms with E-state index in [4.69, 9.17) is 11.6 Å². The van der Waals surface area contributed by atoms with E-state index in [1.54, 1.807) is 29.9 Å². The number of nitrogens with one attached hydrogen (secondary N) is 2. The smallest absolute Gasteiger partial charge is 0.261 e. The van der Waals surface area contributed by atoms with Gasteiger partial charge in [-0.2, -0.15) is 5.10 Å². The monoisotopic (exact) mass is 307 g/mol. The quantitative estimate of drug-likeness (QED) is 0.780. The van der Waals surface area contributed by atoms with Crippen LogP contribution in [0, 0.1) is 0 Å². The first-order valence-electron chi connectivity index (χ1n) is 5.75. The Hall–Kier alpha value is -2.12. The molecule has 1 amide bonds. The van der Waals surface area contributed by atoms with E-state index in [0.29, 0.717) is 27.1 Å². The molecule has 3 rings (SSSR count). The van der Waals surface area contributed by atoms with Gasteiger partial charge in [-0.1, -0.05) is 11.6 Å². The summed E-state index contributed by atoms with van der Waals surface area (Å²) in [6, 6.07) is 3.53. The van der Waals surface area contributed by atoms with Crippen molar-refractivity contribution in [2.45, 2.75) is 0 Å². The standard InChI is InChI=1S/C12H10ClN5OS/c1-14-9-2-4-18-11(17-9)7(6-15-18)12(19)16-8-3-5-20-10(8)13/h2-6H,1H3,(H,14,17)(H,16,19). The number of aromatic nitrogens is 3. The van der Waals surface area contributed by atoms with Crippen LogP contribution in [0.2, 0.25) is 4.34 Å². The maximum atomic E-state index is 12.3. The van der Waals surface area contributed by atoms with Gasteiger partial charge in [0.25, 0.3) is 5.91 Å². The van der Waals surface area contributed by atoms with Crippen LogP contribution in [0.1, 0.15) is 10.4 Å². The van der Waals surface area contributed by atoms with Gasteiger partial charge in [0.1, 0.15) is 15.7 Å². The van der Waals surface area contributed by atoms with E-state index in [9.17, 15) is 4.79 Å². The van der Waals surface area contributed by atoms with E-state index in [2.05, 4.69) is 20.7 Å². The highest BCUT2D eigenvalue weighted by molar-refractivity contribution is 7.15. The first kappa shape index (κ1) is 12.9. The summed E-state index contributed by atoms with van der Waals surface area (Å²) in [6.07, 6.45) is 3.22. The molecule has 6 nitrogen and oxygen atoms in total. The number of amides is 1. The summed E-state index contributed by atoms with van der Waals surface area (Å²) in [5.41, 5.74) is 1.47. The molecular formula is C12H10ClN5OS. The minimum absolute atomic E-state index is 0.291. The molecule has 3 aromatic rings. The minimum Gasteiger partial charge on any atom is -0.373 e. The Morgan fingerprint density at radius 2 is 2.30 bits per heavy atom. The zero-order valence-electron chi connectivity index (χ0n) is 10.4. The molecule has 102 valence electrons. The number of halogens is 1. The van der Waals surface area contributed by atoms with Gasteiger partial charge in [-0.3, -0.25) is 4.79 Å². The van der Waals surface area contributed by atoms with Crippen LogP contribution in [-0.2, 0) is 0 Å². The number of fused-ring (bicyclic) bond motifs is 1. The predicted molar refractivity (Wildman–Crippen MR) is 79.8 cm³/mol. The number of carbonyl (C=O) groups is 1. The largest absolute Gasteiger partial charge is 0.373 e. The second kappa shape index (κ2) is 5.10. The fourth-order valence-corrected chi connectivity index (χ4v) is 2.57. The third kappa shape index (κ3) is 2.21. The first-order chi connectivity index (χ1) is 9.69. The zero-order valence-corrected chi connectivity index (χ0v) is 12.0. The Kier molecular flexibility index (Phi) is 3.29.